The van der Waals surface area contributed by atoms with Crippen LogP contribution in [0.25, 0.3) is 5.69 Å². The van der Waals surface area contributed by atoms with Gasteiger partial charge in [-0.2, -0.15) is 5.26 Å². The molecule has 1 aromatic carbocycles. The Morgan fingerprint density at radius 2 is 2.08 bits per heavy atom. The van der Waals surface area contributed by atoms with Crippen molar-refractivity contribution in [2.24, 2.45) is 0 Å². The molecule has 2 aromatic rings. The Hall–Kier alpha value is -2.55. The number of nitriles is 1. The van der Waals surface area contributed by atoms with E-state index in [0.717, 1.165) is 37.2 Å². The molecule has 24 heavy (non-hydrogen) atoms. The second-order valence-corrected chi connectivity index (χ2v) is 5.93. The van der Waals surface area contributed by atoms with Gasteiger partial charge < -0.3 is 9.64 Å². The maximum absolute atomic E-state index is 9.52. The van der Waals surface area contributed by atoms with Crippen LogP contribution in [0.15, 0.2) is 24.3 Å². The first-order valence-electron chi connectivity index (χ1n) is 8.64. The molecule has 0 N–H and O–H groups in total. The van der Waals surface area contributed by atoms with Crippen LogP contribution in [0, 0.1) is 11.3 Å². The van der Waals surface area contributed by atoms with Crippen molar-refractivity contribution >= 4 is 5.82 Å². The van der Waals surface area contributed by atoms with Crippen LogP contribution in [0.1, 0.15) is 45.2 Å². The molecule has 1 fully saturated rings. The Labute approximate surface area is 142 Å². The molecule has 1 aliphatic heterocycles. The second-order valence-electron chi connectivity index (χ2n) is 5.93. The van der Waals surface area contributed by atoms with Crippen LogP contribution in [-0.4, -0.2) is 34.2 Å². The molecular formula is C18H23N5O. The average molecular weight is 325 g/mol. The van der Waals surface area contributed by atoms with Crippen molar-refractivity contribution < 1.29 is 4.74 Å². The van der Waals surface area contributed by atoms with Gasteiger partial charge in [-0.15, -0.1) is 15.0 Å². The first kappa shape index (κ1) is 16.3. The number of rotatable bonds is 5. The van der Waals surface area contributed by atoms with Crippen LogP contribution < -0.4 is 9.64 Å². The molecular weight excluding hydrogens is 302 g/mol. The minimum atomic E-state index is 0.377. The maximum Gasteiger partial charge on any atom is 0.207 e. The molecule has 0 bridgehead atoms. The summed E-state index contributed by atoms with van der Waals surface area (Å²) in [6.07, 6.45) is 4.55. The maximum atomic E-state index is 9.52. The lowest BCUT2D eigenvalue weighted by molar-refractivity contribution is 0.337. The van der Waals surface area contributed by atoms with Crippen molar-refractivity contribution in [2.45, 2.75) is 45.6 Å². The number of para-hydroxylation sites is 2. The van der Waals surface area contributed by atoms with E-state index in [2.05, 4.69) is 28.1 Å². The van der Waals surface area contributed by atoms with E-state index in [-0.39, 0.29) is 0 Å². The highest BCUT2D eigenvalue weighted by Gasteiger charge is 2.27. The number of piperidine rings is 1. The van der Waals surface area contributed by atoms with Crippen LogP contribution >= 0.6 is 0 Å². The Bertz CT molecular complexity index is 733. The van der Waals surface area contributed by atoms with Gasteiger partial charge in [0, 0.05) is 12.6 Å². The third-order valence-corrected chi connectivity index (χ3v) is 4.45. The topological polar surface area (TPSA) is 67.0 Å². The molecule has 0 amide bonds. The standard InChI is InChI=1S/C18H23N5O/c1-3-14-9-7-8-12-22(14)18-15(13-19)20-23(21-18)16-10-5-6-11-17(16)24-4-2/h5-6,10-11,14H,3-4,7-9,12H2,1-2H3. The van der Waals surface area contributed by atoms with Crippen molar-refractivity contribution in [1.82, 2.24) is 15.0 Å². The third-order valence-electron chi connectivity index (χ3n) is 4.45. The minimum absolute atomic E-state index is 0.377. The zero-order chi connectivity index (χ0) is 16.9. The fraction of sp³-hybridized carbons (Fsp3) is 0.500. The van der Waals surface area contributed by atoms with E-state index in [4.69, 9.17) is 4.74 Å². The highest BCUT2D eigenvalue weighted by Crippen LogP contribution is 2.29. The van der Waals surface area contributed by atoms with Crippen LogP contribution in [-0.2, 0) is 0 Å². The summed E-state index contributed by atoms with van der Waals surface area (Å²) < 4.78 is 5.66. The van der Waals surface area contributed by atoms with E-state index in [1.807, 2.05) is 31.2 Å². The number of benzene rings is 1. The fourth-order valence-electron chi connectivity index (χ4n) is 3.28. The first-order chi connectivity index (χ1) is 11.8. The smallest absolute Gasteiger partial charge is 0.207 e. The second kappa shape index (κ2) is 7.35. The van der Waals surface area contributed by atoms with Gasteiger partial charge in [-0.25, -0.2) is 0 Å². The van der Waals surface area contributed by atoms with Crippen molar-refractivity contribution in [3.8, 4) is 17.5 Å². The molecule has 1 unspecified atom stereocenters. The van der Waals surface area contributed by atoms with Crippen LogP contribution in [0.4, 0.5) is 5.82 Å². The molecule has 3 rings (SSSR count). The molecule has 0 saturated carbocycles. The van der Waals surface area contributed by atoms with Gasteiger partial charge in [0.2, 0.25) is 5.69 Å². The van der Waals surface area contributed by atoms with Crippen molar-refractivity contribution in [1.29, 1.82) is 5.26 Å². The molecule has 1 aliphatic rings. The SMILES string of the molecule is CCOc1ccccc1-n1nc(C#N)c(N2CCCCC2CC)n1. The lowest BCUT2D eigenvalue weighted by atomic mass is 10.00. The summed E-state index contributed by atoms with van der Waals surface area (Å²) in [6.45, 7) is 5.63. The lowest BCUT2D eigenvalue weighted by Gasteiger charge is -2.35. The van der Waals surface area contributed by atoms with E-state index in [9.17, 15) is 5.26 Å². The zero-order valence-corrected chi connectivity index (χ0v) is 14.3. The fourth-order valence-corrected chi connectivity index (χ4v) is 3.28. The van der Waals surface area contributed by atoms with Crippen molar-refractivity contribution in [3.63, 3.8) is 0 Å². The van der Waals surface area contributed by atoms with E-state index < -0.39 is 0 Å². The summed E-state index contributed by atoms with van der Waals surface area (Å²) in [5.74, 6) is 1.41. The zero-order valence-electron chi connectivity index (χ0n) is 14.3. The van der Waals surface area contributed by atoms with Crippen LogP contribution in [0.5, 0.6) is 5.75 Å². The van der Waals surface area contributed by atoms with Gasteiger partial charge in [-0.1, -0.05) is 19.1 Å². The quantitative estimate of drug-likeness (QED) is 0.843. The number of anilines is 1. The summed E-state index contributed by atoms with van der Waals surface area (Å²) in [6, 6.07) is 10.3. The number of aromatic nitrogens is 3. The summed E-state index contributed by atoms with van der Waals surface area (Å²) in [5, 5.41) is 18.6. The summed E-state index contributed by atoms with van der Waals surface area (Å²) in [7, 11) is 0. The van der Waals surface area contributed by atoms with E-state index in [0.29, 0.717) is 24.2 Å². The third kappa shape index (κ3) is 3.07. The Balaban J connectivity index is 2.01. The Morgan fingerprint density at radius 1 is 1.25 bits per heavy atom. The molecule has 0 spiro atoms. The monoisotopic (exact) mass is 325 g/mol. The summed E-state index contributed by atoms with van der Waals surface area (Å²) in [5.41, 5.74) is 1.13. The summed E-state index contributed by atoms with van der Waals surface area (Å²) in [4.78, 5) is 3.77. The van der Waals surface area contributed by atoms with Gasteiger partial charge >= 0.3 is 0 Å². The van der Waals surface area contributed by atoms with E-state index in [1.165, 1.54) is 11.2 Å². The van der Waals surface area contributed by atoms with Crippen LogP contribution in [0.3, 0.4) is 0 Å². The number of ether oxygens (including phenoxy) is 1. The van der Waals surface area contributed by atoms with Gasteiger partial charge in [-0.3, -0.25) is 0 Å². The molecule has 126 valence electrons. The lowest BCUT2D eigenvalue weighted by Crippen LogP contribution is -2.39. The summed E-state index contributed by atoms with van der Waals surface area (Å²) >= 11 is 0. The van der Waals surface area contributed by atoms with Crippen molar-refractivity contribution in [2.75, 3.05) is 18.1 Å². The largest absolute Gasteiger partial charge is 0.492 e. The average Bonchev–Trinajstić information content (AvgIpc) is 3.06. The predicted molar refractivity (Wildman–Crippen MR) is 92.5 cm³/mol. The molecule has 6 heteroatoms. The molecule has 1 aromatic heterocycles. The minimum Gasteiger partial charge on any atom is -0.492 e. The highest BCUT2D eigenvalue weighted by atomic mass is 16.5. The number of hydrogen-bond donors (Lipinski definition) is 0. The number of nitrogens with zero attached hydrogens (tertiary/aromatic N) is 5. The predicted octanol–water partition coefficient (Wildman–Crippen LogP) is 3.31. The van der Waals surface area contributed by atoms with Gasteiger partial charge in [0.15, 0.2) is 5.82 Å². The van der Waals surface area contributed by atoms with Gasteiger partial charge in [0.25, 0.3) is 0 Å². The van der Waals surface area contributed by atoms with Gasteiger partial charge in [0.1, 0.15) is 17.5 Å². The molecule has 1 atom stereocenters. The Kier molecular flexibility index (Phi) is 4.99. The molecule has 0 radical (unpaired) electrons. The van der Waals surface area contributed by atoms with E-state index >= 15 is 0 Å². The highest BCUT2D eigenvalue weighted by molar-refractivity contribution is 5.53. The molecule has 2 heterocycles. The van der Waals surface area contributed by atoms with E-state index in [1.54, 1.807) is 0 Å². The number of hydrogen-bond acceptors (Lipinski definition) is 5. The van der Waals surface area contributed by atoms with Gasteiger partial charge in [0.05, 0.1) is 6.61 Å². The molecule has 0 aliphatic carbocycles. The van der Waals surface area contributed by atoms with Crippen LogP contribution in [0.2, 0.25) is 0 Å². The Morgan fingerprint density at radius 3 is 2.83 bits per heavy atom. The molecule has 1 saturated heterocycles. The van der Waals surface area contributed by atoms with Crippen molar-refractivity contribution in [3.05, 3.63) is 30.0 Å². The molecule has 6 nitrogen and oxygen atoms in total. The van der Waals surface area contributed by atoms with Gasteiger partial charge in [-0.05, 0) is 44.7 Å². The first-order valence-corrected chi connectivity index (χ1v) is 8.64. The normalized spacial score (nSPS) is 17.5.